The van der Waals surface area contributed by atoms with Gasteiger partial charge in [-0.25, -0.2) is 0 Å². The third kappa shape index (κ3) is 3.76. The minimum absolute atomic E-state index is 0.218. The highest BCUT2D eigenvalue weighted by atomic mass is 16.7. The van der Waals surface area contributed by atoms with E-state index < -0.39 is 37.3 Å². The van der Waals surface area contributed by atoms with Crippen molar-refractivity contribution in [3.05, 3.63) is 64.8 Å². The molecule has 0 bridgehead atoms. The van der Waals surface area contributed by atoms with E-state index in [9.17, 15) is 25.2 Å². The quantitative estimate of drug-likeness (QED) is 0.502. The molecule has 0 saturated carbocycles. The molecule has 29 heavy (non-hydrogen) atoms. The van der Waals surface area contributed by atoms with Gasteiger partial charge in [-0.3, -0.25) is 4.79 Å². The monoisotopic (exact) mass is 400 g/mol. The molecule has 0 radical (unpaired) electrons. The van der Waals surface area contributed by atoms with Gasteiger partial charge in [0.25, 0.3) is 0 Å². The van der Waals surface area contributed by atoms with E-state index in [1.165, 1.54) is 24.3 Å². The fraction of sp³-hybridized carbons (Fsp3) is 0.286. The summed E-state index contributed by atoms with van der Waals surface area (Å²) in [6.45, 7) is -0.558. The van der Waals surface area contributed by atoms with E-state index in [0.717, 1.165) is 5.56 Å². The van der Waals surface area contributed by atoms with E-state index in [-0.39, 0.29) is 16.8 Å². The first-order valence-electron chi connectivity index (χ1n) is 9.08. The predicted octanol–water partition coefficient (Wildman–Crippen LogP) is 0.639. The predicted molar refractivity (Wildman–Crippen MR) is 102 cm³/mol. The van der Waals surface area contributed by atoms with Crippen LogP contribution in [0.5, 0.6) is 5.75 Å². The maximum absolute atomic E-state index is 12.4. The van der Waals surface area contributed by atoms with Crippen molar-refractivity contribution >= 4 is 11.0 Å². The standard InChI is InChI=1S/C21H20O8/c22-10-17-18(24)19(25)20(26)21(29-17)27-12-6-7-13-14(23)9-15(28-16(13)8-12)11-4-2-1-3-5-11/h1-9,17-22,24-26H,10H2/t17-,18-,19+,20-,21-/m1/s1. The van der Waals surface area contributed by atoms with E-state index in [1.54, 1.807) is 0 Å². The zero-order chi connectivity index (χ0) is 20.5. The Hall–Kier alpha value is -2.75. The third-order valence-corrected chi connectivity index (χ3v) is 4.86. The fourth-order valence-corrected chi connectivity index (χ4v) is 3.25. The molecule has 1 aromatic heterocycles. The average Bonchev–Trinajstić information content (AvgIpc) is 2.74. The third-order valence-electron chi connectivity index (χ3n) is 4.86. The molecule has 3 aromatic rings. The van der Waals surface area contributed by atoms with Gasteiger partial charge in [0.15, 0.2) is 5.43 Å². The Labute approximate surface area is 165 Å². The van der Waals surface area contributed by atoms with Crippen LogP contribution in [-0.2, 0) is 4.74 Å². The van der Waals surface area contributed by atoms with Gasteiger partial charge >= 0.3 is 0 Å². The lowest BCUT2D eigenvalue weighted by Crippen LogP contribution is -2.60. The normalized spacial score (nSPS) is 27.1. The molecule has 0 unspecified atom stereocenters. The molecule has 8 heteroatoms. The SMILES string of the molecule is O=c1cc(-c2ccccc2)oc2cc(O[C@@H]3O[C@H](CO)[C@@H](O)[C@H](O)[C@H]3O)ccc12. The lowest BCUT2D eigenvalue weighted by atomic mass is 9.99. The first-order valence-corrected chi connectivity index (χ1v) is 9.08. The zero-order valence-corrected chi connectivity index (χ0v) is 15.2. The van der Waals surface area contributed by atoms with Crippen molar-refractivity contribution in [2.75, 3.05) is 6.61 Å². The highest BCUT2D eigenvalue weighted by molar-refractivity contribution is 5.80. The summed E-state index contributed by atoms with van der Waals surface area (Å²) in [7, 11) is 0. The average molecular weight is 400 g/mol. The molecule has 5 atom stereocenters. The number of fused-ring (bicyclic) bond motifs is 1. The first-order chi connectivity index (χ1) is 14.0. The Bertz CT molecular complexity index is 1050. The number of rotatable bonds is 4. The molecule has 0 aliphatic carbocycles. The maximum atomic E-state index is 12.4. The fourth-order valence-electron chi connectivity index (χ4n) is 3.25. The molecule has 2 heterocycles. The topological polar surface area (TPSA) is 130 Å². The molecule has 0 amide bonds. The molecule has 1 aliphatic rings. The van der Waals surface area contributed by atoms with Crippen molar-refractivity contribution in [3.8, 4) is 17.1 Å². The van der Waals surface area contributed by atoms with E-state index in [0.29, 0.717) is 11.1 Å². The van der Waals surface area contributed by atoms with Crippen LogP contribution in [0.3, 0.4) is 0 Å². The minimum Gasteiger partial charge on any atom is -0.462 e. The van der Waals surface area contributed by atoms with Gasteiger partial charge in [-0.1, -0.05) is 30.3 Å². The summed E-state index contributed by atoms with van der Waals surface area (Å²) in [5.41, 5.74) is 0.801. The number of benzene rings is 2. The second-order valence-corrected chi connectivity index (χ2v) is 6.81. The molecule has 4 rings (SSSR count). The second kappa shape index (κ2) is 7.94. The molecule has 1 aliphatic heterocycles. The molecule has 0 spiro atoms. The Balaban J connectivity index is 1.66. The summed E-state index contributed by atoms with van der Waals surface area (Å²) in [5, 5.41) is 39.5. The molecule has 1 saturated heterocycles. The van der Waals surface area contributed by atoms with Crippen molar-refractivity contribution in [3.63, 3.8) is 0 Å². The lowest BCUT2D eigenvalue weighted by Gasteiger charge is -2.39. The summed E-state index contributed by atoms with van der Waals surface area (Å²) >= 11 is 0. The van der Waals surface area contributed by atoms with E-state index >= 15 is 0 Å². The summed E-state index contributed by atoms with van der Waals surface area (Å²) < 4.78 is 16.8. The van der Waals surface area contributed by atoms with Crippen molar-refractivity contribution in [2.45, 2.75) is 30.7 Å². The highest BCUT2D eigenvalue weighted by Gasteiger charge is 2.44. The Morgan fingerprint density at radius 3 is 2.41 bits per heavy atom. The van der Waals surface area contributed by atoms with Crippen LogP contribution in [-0.4, -0.2) is 57.7 Å². The number of hydrogen-bond acceptors (Lipinski definition) is 8. The summed E-state index contributed by atoms with van der Waals surface area (Å²) in [5.74, 6) is 0.614. The zero-order valence-electron chi connectivity index (χ0n) is 15.2. The van der Waals surface area contributed by atoms with E-state index in [2.05, 4.69) is 0 Å². The van der Waals surface area contributed by atoms with Crippen molar-refractivity contribution in [2.24, 2.45) is 0 Å². The largest absolute Gasteiger partial charge is 0.462 e. The smallest absolute Gasteiger partial charge is 0.229 e. The van der Waals surface area contributed by atoms with E-state index in [1.807, 2.05) is 30.3 Å². The van der Waals surface area contributed by atoms with Gasteiger partial charge in [-0.15, -0.1) is 0 Å². The Morgan fingerprint density at radius 1 is 0.931 bits per heavy atom. The summed E-state index contributed by atoms with van der Waals surface area (Å²) in [4.78, 5) is 12.4. The number of hydrogen-bond donors (Lipinski definition) is 4. The van der Waals surface area contributed by atoms with Crippen LogP contribution in [0.4, 0.5) is 0 Å². The van der Waals surface area contributed by atoms with Gasteiger partial charge in [0, 0.05) is 17.7 Å². The molecular formula is C21H20O8. The van der Waals surface area contributed by atoms with Crippen molar-refractivity contribution in [1.29, 1.82) is 0 Å². The van der Waals surface area contributed by atoms with Gasteiger partial charge in [-0.2, -0.15) is 0 Å². The van der Waals surface area contributed by atoms with Crippen LogP contribution in [0.25, 0.3) is 22.3 Å². The summed E-state index contributed by atoms with van der Waals surface area (Å²) in [6.07, 6.45) is -6.97. The number of aliphatic hydroxyl groups excluding tert-OH is 4. The Kier molecular flexibility index (Phi) is 5.35. The minimum atomic E-state index is -1.55. The van der Waals surface area contributed by atoms with Crippen molar-refractivity contribution < 1.29 is 34.3 Å². The van der Waals surface area contributed by atoms with Gasteiger partial charge in [0.1, 0.15) is 41.5 Å². The molecule has 8 nitrogen and oxygen atoms in total. The molecular weight excluding hydrogens is 380 g/mol. The second-order valence-electron chi connectivity index (χ2n) is 6.81. The Morgan fingerprint density at radius 2 is 1.69 bits per heavy atom. The number of ether oxygens (including phenoxy) is 2. The van der Waals surface area contributed by atoms with Crippen LogP contribution in [0.2, 0.25) is 0 Å². The number of aliphatic hydroxyl groups is 4. The van der Waals surface area contributed by atoms with Crippen LogP contribution in [0, 0.1) is 0 Å². The maximum Gasteiger partial charge on any atom is 0.229 e. The van der Waals surface area contributed by atoms with Crippen LogP contribution < -0.4 is 10.2 Å². The molecule has 152 valence electrons. The lowest BCUT2D eigenvalue weighted by molar-refractivity contribution is -0.277. The van der Waals surface area contributed by atoms with Crippen LogP contribution in [0.1, 0.15) is 0 Å². The van der Waals surface area contributed by atoms with Crippen LogP contribution in [0.15, 0.2) is 63.8 Å². The molecule has 4 N–H and O–H groups in total. The summed E-state index contributed by atoms with van der Waals surface area (Å²) in [6, 6.07) is 15.1. The van der Waals surface area contributed by atoms with Gasteiger partial charge < -0.3 is 34.3 Å². The first kappa shape index (κ1) is 19.6. The molecule has 2 aromatic carbocycles. The molecule has 1 fully saturated rings. The van der Waals surface area contributed by atoms with E-state index in [4.69, 9.17) is 13.9 Å². The van der Waals surface area contributed by atoms with Crippen LogP contribution >= 0.6 is 0 Å². The van der Waals surface area contributed by atoms with Gasteiger partial charge in [-0.05, 0) is 12.1 Å². The van der Waals surface area contributed by atoms with Gasteiger partial charge in [0.05, 0.1) is 12.0 Å². The highest BCUT2D eigenvalue weighted by Crippen LogP contribution is 2.28. The van der Waals surface area contributed by atoms with Crippen molar-refractivity contribution in [1.82, 2.24) is 0 Å². The van der Waals surface area contributed by atoms with Gasteiger partial charge in [0.2, 0.25) is 6.29 Å².